The molecule has 3 aromatic heterocycles. The second-order valence-corrected chi connectivity index (χ2v) is 8.61. The zero-order chi connectivity index (χ0) is 25.2. The van der Waals surface area contributed by atoms with Crippen molar-refractivity contribution < 1.29 is 13.2 Å². The molecule has 186 valence electrons. The van der Waals surface area contributed by atoms with Gasteiger partial charge in [-0.15, -0.1) is 5.10 Å². The van der Waals surface area contributed by atoms with E-state index in [0.717, 1.165) is 24.3 Å². The highest BCUT2D eigenvalue weighted by molar-refractivity contribution is 5.70. The summed E-state index contributed by atoms with van der Waals surface area (Å²) in [4.78, 5) is 14.8. The Labute approximate surface area is 206 Å². The maximum Gasteiger partial charge on any atom is 0.226 e. The predicted octanol–water partition coefficient (Wildman–Crippen LogP) is 4.82. The number of nitrogens with one attached hydrogen (secondary N) is 1. The SMILES string of the molecule is CCn1nc(-c2ccc(N3CCC(CF)C3)nc2)nc1Nc1ccc(-c2ccnc(N)c2F)c(F)c1. The summed E-state index contributed by atoms with van der Waals surface area (Å²) >= 11 is 0. The van der Waals surface area contributed by atoms with Gasteiger partial charge in [-0.2, -0.15) is 4.98 Å². The molecule has 1 atom stereocenters. The third-order valence-electron chi connectivity index (χ3n) is 6.24. The Morgan fingerprint density at radius 2 is 1.97 bits per heavy atom. The van der Waals surface area contributed by atoms with Gasteiger partial charge in [0.25, 0.3) is 0 Å². The van der Waals surface area contributed by atoms with Crippen LogP contribution in [0.2, 0.25) is 0 Å². The number of anilines is 4. The molecule has 0 bridgehead atoms. The number of nitrogens with zero attached hydrogens (tertiary/aromatic N) is 6. The molecule has 5 rings (SSSR count). The van der Waals surface area contributed by atoms with E-state index in [9.17, 15) is 13.2 Å². The molecule has 1 aliphatic rings. The van der Waals surface area contributed by atoms with E-state index < -0.39 is 11.6 Å². The zero-order valence-electron chi connectivity index (χ0n) is 19.6. The maximum atomic E-state index is 14.9. The van der Waals surface area contributed by atoms with Crippen molar-refractivity contribution in [3.05, 3.63) is 60.4 Å². The van der Waals surface area contributed by atoms with Gasteiger partial charge in [0, 0.05) is 60.3 Å². The summed E-state index contributed by atoms with van der Waals surface area (Å²) in [6, 6.07) is 9.50. The number of hydrogen-bond donors (Lipinski definition) is 2. The molecule has 0 saturated carbocycles. The smallest absolute Gasteiger partial charge is 0.226 e. The van der Waals surface area contributed by atoms with Gasteiger partial charge < -0.3 is 16.0 Å². The largest absolute Gasteiger partial charge is 0.381 e. The Morgan fingerprint density at radius 3 is 2.67 bits per heavy atom. The maximum absolute atomic E-state index is 14.9. The lowest BCUT2D eigenvalue weighted by atomic mass is 10.1. The average Bonchev–Trinajstić information content (AvgIpc) is 3.53. The number of nitrogen functional groups attached to an aromatic ring is 1. The van der Waals surface area contributed by atoms with Gasteiger partial charge in [-0.3, -0.25) is 4.39 Å². The number of aryl methyl sites for hydroxylation is 1. The van der Waals surface area contributed by atoms with Crippen LogP contribution in [0.4, 0.5) is 36.4 Å². The second-order valence-electron chi connectivity index (χ2n) is 8.61. The normalized spacial score (nSPS) is 15.4. The number of pyridine rings is 2. The topological polar surface area (TPSA) is 97.8 Å². The van der Waals surface area contributed by atoms with Crippen LogP contribution in [-0.4, -0.2) is 44.5 Å². The van der Waals surface area contributed by atoms with Crippen LogP contribution in [0.1, 0.15) is 13.3 Å². The zero-order valence-corrected chi connectivity index (χ0v) is 19.6. The molecule has 0 spiro atoms. The number of alkyl halides is 1. The van der Waals surface area contributed by atoms with Crippen molar-refractivity contribution in [1.29, 1.82) is 0 Å². The van der Waals surface area contributed by atoms with E-state index in [1.807, 2.05) is 19.1 Å². The number of nitrogens with two attached hydrogens (primary N) is 1. The molecule has 11 heteroatoms. The minimum absolute atomic E-state index is 0.0376. The molecule has 1 fully saturated rings. The van der Waals surface area contributed by atoms with Crippen molar-refractivity contribution >= 4 is 23.3 Å². The van der Waals surface area contributed by atoms with Gasteiger partial charge in [-0.1, -0.05) is 0 Å². The van der Waals surface area contributed by atoms with Crippen LogP contribution < -0.4 is 16.0 Å². The van der Waals surface area contributed by atoms with Gasteiger partial charge in [0.15, 0.2) is 17.5 Å². The lowest BCUT2D eigenvalue weighted by Crippen LogP contribution is -2.21. The molecule has 1 saturated heterocycles. The van der Waals surface area contributed by atoms with Crippen LogP contribution in [0.15, 0.2) is 48.8 Å². The van der Waals surface area contributed by atoms with E-state index in [1.165, 1.54) is 24.4 Å². The number of halogens is 3. The van der Waals surface area contributed by atoms with Crippen molar-refractivity contribution in [2.75, 3.05) is 35.7 Å². The highest BCUT2D eigenvalue weighted by Crippen LogP contribution is 2.30. The molecule has 1 aliphatic heterocycles. The Hall–Kier alpha value is -4.15. The Kier molecular flexibility index (Phi) is 6.45. The molecule has 4 aromatic rings. The van der Waals surface area contributed by atoms with Crippen molar-refractivity contribution in [3.63, 3.8) is 0 Å². The van der Waals surface area contributed by atoms with Crippen molar-refractivity contribution in [1.82, 2.24) is 24.7 Å². The molecular formula is C25H25F3N8. The van der Waals surface area contributed by atoms with E-state index in [2.05, 4.69) is 30.3 Å². The molecule has 36 heavy (non-hydrogen) atoms. The molecule has 1 unspecified atom stereocenters. The molecule has 4 heterocycles. The first-order valence-corrected chi connectivity index (χ1v) is 11.7. The Morgan fingerprint density at radius 1 is 1.11 bits per heavy atom. The van der Waals surface area contributed by atoms with Crippen LogP contribution in [0.5, 0.6) is 0 Å². The number of aromatic nitrogens is 5. The lowest BCUT2D eigenvalue weighted by molar-refractivity contribution is 0.384. The van der Waals surface area contributed by atoms with E-state index >= 15 is 0 Å². The van der Waals surface area contributed by atoms with Gasteiger partial charge in [-0.25, -0.2) is 23.4 Å². The predicted molar refractivity (Wildman–Crippen MR) is 133 cm³/mol. The summed E-state index contributed by atoms with van der Waals surface area (Å²) in [6.07, 6.45) is 3.85. The summed E-state index contributed by atoms with van der Waals surface area (Å²) in [5.74, 6) is 0.0719. The molecule has 3 N–H and O–H groups in total. The van der Waals surface area contributed by atoms with Crippen LogP contribution in [0.3, 0.4) is 0 Å². The second kappa shape index (κ2) is 9.84. The summed E-state index contributed by atoms with van der Waals surface area (Å²) < 4.78 is 43.8. The first-order chi connectivity index (χ1) is 17.5. The van der Waals surface area contributed by atoms with Crippen molar-refractivity contribution in [3.8, 4) is 22.5 Å². The molecule has 0 radical (unpaired) electrons. The number of benzene rings is 1. The quantitative estimate of drug-likeness (QED) is 0.380. The fourth-order valence-electron chi connectivity index (χ4n) is 4.26. The van der Waals surface area contributed by atoms with Gasteiger partial charge in [0.2, 0.25) is 5.95 Å². The number of rotatable bonds is 7. The van der Waals surface area contributed by atoms with Crippen LogP contribution in [-0.2, 0) is 6.54 Å². The molecular weight excluding hydrogens is 469 g/mol. The monoisotopic (exact) mass is 494 g/mol. The lowest BCUT2D eigenvalue weighted by Gasteiger charge is -2.16. The fourth-order valence-corrected chi connectivity index (χ4v) is 4.26. The Balaban J connectivity index is 1.35. The van der Waals surface area contributed by atoms with Gasteiger partial charge in [0.05, 0.1) is 6.67 Å². The van der Waals surface area contributed by atoms with Crippen LogP contribution >= 0.6 is 0 Å². The van der Waals surface area contributed by atoms with Crippen LogP contribution in [0, 0.1) is 17.6 Å². The highest BCUT2D eigenvalue weighted by Gasteiger charge is 2.23. The first kappa shape index (κ1) is 23.6. The highest BCUT2D eigenvalue weighted by atomic mass is 19.1. The molecule has 1 aromatic carbocycles. The molecule has 0 amide bonds. The van der Waals surface area contributed by atoms with E-state index in [-0.39, 0.29) is 29.5 Å². The molecule has 0 aliphatic carbocycles. The van der Waals surface area contributed by atoms with Gasteiger partial charge in [0.1, 0.15) is 11.6 Å². The van der Waals surface area contributed by atoms with Crippen molar-refractivity contribution in [2.45, 2.75) is 19.9 Å². The summed E-state index contributed by atoms with van der Waals surface area (Å²) in [5, 5.41) is 7.61. The average molecular weight is 495 g/mol. The minimum Gasteiger partial charge on any atom is -0.381 e. The van der Waals surface area contributed by atoms with E-state index in [0.29, 0.717) is 30.5 Å². The summed E-state index contributed by atoms with van der Waals surface area (Å²) in [7, 11) is 0. The minimum atomic E-state index is -0.765. The van der Waals surface area contributed by atoms with Gasteiger partial charge >= 0.3 is 0 Å². The third kappa shape index (κ3) is 4.56. The fraction of sp³-hybridized carbons (Fsp3) is 0.280. The van der Waals surface area contributed by atoms with Crippen LogP contribution in [0.25, 0.3) is 22.5 Å². The standard InChI is InChI=1S/C25H25F3N8/c1-2-36-25(32-17-4-5-18(20(27)11-17)19-7-9-30-23(29)22(19)28)33-24(34-36)16-3-6-21(31-13-16)35-10-8-15(12-26)14-35/h3-7,9,11,13,15H,2,8,10,12,14H2,1H3,(H2,29,30)(H,32,33,34). The summed E-state index contributed by atoms with van der Waals surface area (Å²) in [5.41, 5.74) is 6.78. The third-order valence-corrected chi connectivity index (χ3v) is 6.24. The Bertz CT molecular complexity index is 1370. The first-order valence-electron chi connectivity index (χ1n) is 11.7. The number of hydrogen-bond acceptors (Lipinski definition) is 7. The summed E-state index contributed by atoms with van der Waals surface area (Å²) in [6.45, 7) is 3.58. The molecule has 8 nitrogen and oxygen atoms in total. The van der Waals surface area contributed by atoms with E-state index in [1.54, 1.807) is 16.9 Å². The van der Waals surface area contributed by atoms with Gasteiger partial charge in [-0.05, 0) is 49.7 Å². The van der Waals surface area contributed by atoms with Crippen molar-refractivity contribution in [2.24, 2.45) is 5.92 Å². The van der Waals surface area contributed by atoms with E-state index in [4.69, 9.17) is 5.73 Å².